The lowest BCUT2D eigenvalue weighted by molar-refractivity contribution is -0.161. The van der Waals surface area contributed by atoms with E-state index in [9.17, 15) is 32.7 Å². The monoisotopic (exact) mass is 500 g/mol. The molecule has 0 radical (unpaired) electrons. The minimum absolute atomic E-state index is 0.0223. The number of carboxylic acids is 1. The minimum Gasteiger partial charge on any atom is -0.478 e. The third-order valence-electron chi connectivity index (χ3n) is 5.59. The molecule has 0 aliphatic carbocycles. The molecule has 4 rings (SSSR count). The van der Waals surface area contributed by atoms with E-state index in [1.54, 1.807) is 0 Å². The Morgan fingerprint density at radius 2 is 2.09 bits per heavy atom. The molecule has 3 saturated heterocycles. The molecule has 0 spiro atoms. The number of hydrogen-bond acceptors (Lipinski definition) is 11. The second-order valence-electron chi connectivity index (χ2n) is 8.15. The van der Waals surface area contributed by atoms with Crippen molar-refractivity contribution in [1.29, 1.82) is 0 Å². The van der Waals surface area contributed by atoms with Crippen LogP contribution in [0.3, 0.4) is 0 Å². The van der Waals surface area contributed by atoms with Crippen LogP contribution in [0.1, 0.15) is 32.4 Å². The van der Waals surface area contributed by atoms with Gasteiger partial charge in [-0.15, -0.1) is 11.3 Å². The van der Waals surface area contributed by atoms with Gasteiger partial charge in [0.15, 0.2) is 16.2 Å². The van der Waals surface area contributed by atoms with Crippen LogP contribution in [-0.4, -0.2) is 86.7 Å². The molecule has 178 valence electrons. The van der Waals surface area contributed by atoms with Crippen LogP contribution in [0.2, 0.25) is 0 Å². The fourth-order valence-corrected chi connectivity index (χ4v) is 6.43. The molecular weight excluding hydrogens is 480 g/mol. The lowest BCUT2D eigenvalue weighted by atomic mass is 9.97. The van der Waals surface area contributed by atoms with Crippen LogP contribution >= 0.6 is 11.3 Å². The van der Waals surface area contributed by atoms with Crippen molar-refractivity contribution in [3.05, 3.63) is 11.1 Å². The number of carbonyl (C=O) groups is 4. The van der Waals surface area contributed by atoms with Crippen molar-refractivity contribution in [1.82, 2.24) is 19.5 Å². The third-order valence-corrected chi connectivity index (χ3v) is 8.44. The van der Waals surface area contributed by atoms with Crippen LogP contribution in [0.15, 0.2) is 10.5 Å². The van der Waals surface area contributed by atoms with Gasteiger partial charge in [0.2, 0.25) is 11.5 Å². The molecule has 0 aromatic carbocycles. The Kier molecular flexibility index (Phi) is 5.31. The zero-order chi connectivity index (χ0) is 24.3. The molecule has 16 heteroatoms. The molecule has 3 aliphatic heterocycles. The summed E-state index contributed by atoms with van der Waals surface area (Å²) < 4.78 is 26.2. The lowest BCUT2D eigenvalue weighted by Gasteiger charge is -2.52. The van der Waals surface area contributed by atoms with Crippen molar-refractivity contribution in [3.8, 4) is 0 Å². The number of β-lactam (4-membered cyclic amide) rings is 1. The van der Waals surface area contributed by atoms with Gasteiger partial charge in [-0.05, 0) is 20.3 Å². The Bertz CT molecular complexity index is 1190. The standard InChI is InChI=1S/C17H20N6O8S2/c1-17(2,15(27)28)31-21-11(7-6-32-16(18)19-7)13(25)20-12-8-5-22-9(24)3-4-10(22)33(29,30)23(8)14(12)26/h6,8,10,12H,3-5H2,1-2H3,(H2,18,19)(H,20,25)(H,27,28). The summed E-state index contributed by atoms with van der Waals surface area (Å²) in [5.74, 6) is -3.47. The first-order chi connectivity index (χ1) is 15.3. The maximum Gasteiger partial charge on any atom is 0.350 e. The first-order valence-corrected chi connectivity index (χ1v) is 12.1. The molecule has 4 heterocycles. The molecular formula is C17H20N6O8S2. The largest absolute Gasteiger partial charge is 0.478 e. The number of nitrogens with two attached hydrogens (primary N) is 1. The van der Waals surface area contributed by atoms with E-state index < -0.39 is 56.6 Å². The van der Waals surface area contributed by atoms with E-state index in [4.69, 9.17) is 10.6 Å². The van der Waals surface area contributed by atoms with Gasteiger partial charge in [0, 0.05) is 18.3 Å². The van der Waals surface area contributed by atoms with E-state index in [1.165, 1.54) is 24.1 Å². The van der Waals surface area contributed by atoms with Crippen molar-refractivity contribution in [3.63, 3.8) is 0 Å². The molecule has 3 atom stereocenters. The number of rotatable bonds is 6. The zero-order valence-electron chi connectivity index (χ0n) is 17.4. The van der Waals surface area contributed by atoms with Crippen molar-refractivity contribution in [2.75, 3.05) is 12.3 Å². The van der Waals surface area contributed by atoms with E-state index in [2.05, 4.69) is 15.5 Å². The highest BCUT2D eigenvalue weighted by atomic mass is 32.2. The van der Waals surface area contributed by atoms with Gasteiger partial charge >= 0.3 is 5.97 Å². The lowest BCUT2D eigenvalue weighted by Crippen LogP contribution is -2.79. The highest BCUT2D eigenvalue weighted by Gasteiger charge is 2.62. The fourth-order valence-electron chi connectivity index (χ4n) is 3.75. The molecule has 3 aliphatic rings. The quantitative estimate of drug-likeness (QED) is 0.229. The van der Waals surface area contributed by atoms with Crippen molar-refractivity contribution in [2.45, 2.75) is 49.7 Å². The summed E-state index contributed by atoms with van der Waals surface area (Å²) in [6.07, 6.45) is 0.169. The van der Waals surface area contributed by atoms with Gasteiger partial charge in [0.25, 0.3) is 21.8 Å². The molecule has 14 nitrogen and oxygen atoms in total. The number of anilines is 1. The normalized spacial score (nSPS) is 26.4. The van der Waals surface area contributed by atoms with E-state index in [0.717, 1.165) is 11.3 Å². The number of oxime groups is 1. The molecule has 0 saturated carbocycles. The number of carbonyl (C=O) groups excluding carboxylic acids is 3. The van der Waals surface area contributed by atoms with E-state index in [-0.39, 0.29) is 36.1 Å². The Morgan fingerprint density at radius 3 is 2.70 bits per heavy atom. The van der Waals surface area contributed by atoms with E-state index >= 15 is 0 Å². The predicted molar refractivity (Wildman–Crippen MR) is 112 cm³/mol. The van der Waals surface area contributed by atoms with Crippen LogP contribution < -0.4 is 11.1 Å². The molecule has 3 amide bonds. The molecule has 0 bridgehead atoms. The number of nitrogen functional groups attached to an aromatic ring is 1. The number of nitrogens with zero attached hydrogens (tertiary/aromatic N) is 4. The van der Waals surface area contributed by atoms with Crippen LogP contribution in [0.5, 0.6) is 0 Å². The minimum atomic E-state index is -4.07. The van der Waals surface area contributed by atoms with Crippen molar-refractivity contribution in [2.24, 2.45) is 5.16 Å². The van der Waals surface area contributed by atoms with Gasteiger partial charge < -0.3 is 25.9 Å². The summed E-state index contributed by atoms with van der Waals surface area (Å²) >= 11 is 0.993. The van der Waals surface area contributed by atoms with E-state index in [0.29, 0.717) is 4.31 Å². The Morgan fingerprint density at radius 1 is 1.39 bits per heavy atom. The predicted octanol–water partition coefficient (Wildman–Crippen LogP) is -1.70. The summed E-state index contributed by atoms with van der Waals surface area (Å²) in [5.41, 5.74) is 3.36. The van der Waals surface area contributed by atoms with Gasteiger partial charge in [-0.25, -0.2) is 22.5 Å². The summed E-state index contributed by atoms with van der Waals surface area (Å²) in [5, 5.41) is 15.7. The maximum atomic E-state index is 13.0. The topological polar surface area (TPSA) is 202 Å². The number of sulfonamides is 1. The second-order valence-corrected chi connectivity index (χ2v) is 11.0. The average Bonchev–Trinajstić information content (AvgIpc) is 3.31. The Balaban J connectivity index is 1.58. The third kappa shape index (κ3) is 3.68. The Hall–Kier alpha value is -3.27. The number of amides is 3. The summed E-state index contributed by atoms with van der Waals surface area (Å²) in [6, 6.07) is -2.21. The van der Waals surface area contributed by atoms with Crippen LogP contribution in [0, 0.1) is 0 Å². The average molecular weight is 501 g/mol. The smallest absolute Gasteiger partial charge is 0.350 e. The van der Waals surface area contributed by atoms with Gasteiger partial charge in [0.05, 0.1) is 6.04 Å². The van der Waals surface area contributed by atoms with E-state index in [1.807, 2.05) is 0 Å². The summed E-state index contributed by atoms with van der Waals surface area (Å²) in [6.45, 7) is 2.39. The SMILES string of the molecule is CC(C)(ON=C(C(=O)NC1C(=O)N2C1CN1C(=O)CCC1S2(=O)=O)c1csc(N)n1)C(=O)O. The van der Waals surface area contributed by atoms with Gasteiger partial charge in [-0.2, -0.15) is 0 Å². The van der Waals surface area contributed by atoms with Crippen LogP contribution in [-0.2, 0) is 34.0 Å². The first-order valence-electron chi connectivity index (χ1n) is 9.73. The summed E-state index contributed by atoms with van der Waals surface area (Å²) in [4.78, 5) is 59.1. The second kappa shape index (κ2) is 7.65. The van der Waals surface area contributed by atoms with Crippen LogP contribution in [0.4, 0.5) is 5.13 Å². The highest BCUT2D eigenvalue weighted by Crippen LogP contribution is 2.38. The maximum absolute atomic E-state index is 13.0. The first kappa shape index (κ1) is 22.9. The number of thiazole rings is 1. The van der Waals surface area contributed by atoms with Gasteiger partial charge in [-0.1, -0.05) is 5.16 Å². The molecule has 3 fully saturated rings. The number of carboxylic acid groups (broad SMARTS) is 1. The number of fused-ring (bicyclic) bond motifs is 2. The molecule has 1 aromatic rings. The highest BCUT2D eigenvalue weighted by molar-refractivity contribution is 7.90. The fraction of sp³-hybridized carbons (Fsp3) is 0.529. The Labute approximate surface area is 191 Å². The number of aromatic nitrogens is 1. The van der Waals surface area contributed by atoms with Crippen molar-refractivity contribution < 1.29 is 37.5 Å². The number of hydrogen-bond donors (Lipinski definition) is 3. The zero-order valence-corrected chi connectivity index (χ0v) is 19.1. The molecule has 3 unspecified atom stereocenters. The summed E-state index contributed by atoms with van der Waals surface area (Å²) in [7, 11) is -4.07. The van der Waals surface area contributed by atoms with Crippen LogP contribution in [0.25, 0.3) is 0 Å². The molecule has 4 N–H and O–H groups in total. The van der Waals surface area contributed by atoms with Gasteiger partial charge in [0.1, 0.15) is 11.7 Å². The molecule has 1 aromatic heterocycles. The van der Waals surface area contributed by atoms with Gasteiger partial charge in [-0.3, -0.25) is 14.4 Å². The molecule has 33 heavy (non-hydrogen) atoms. The number of aliphatic carboxylic acids is 1. The van der Waals surface area contributed by atoms with Crippen molar-refractivity contribution >= 4 is 55.9 Å². The number of nitrogens with one attached hydrogen (secondary N) is 1.